The minimum Gasteiger partial charge on any atom is -0.501 e. The van der Waals surface area contributed by atoms with E-state index in [1.807, 2.05) is 25.3 Å². The Bertz CT molecular complexity index is 1090. The van der Waals surface area contributed by atoms with Gasteiger partial charge < -0.3 is 10.1 Å². The maximum absolute atomic E-state index is 12.3. The summed E-state index contributed by atoms with van der Waals surface area (Å²) in [5.74, 6) is 0.371. The van der Waals surface area contributed by atoms with Gasteiger partial charge in [0, 0.05) is 11.3 Å². The molecule has 4 rings (SSSR count). The smallest absolute Gasteiger partial charge is 0.324 e. The summed E-state index contributed by atoms with van der Waals surface area (Å²) >= 11 is 0. The van der Waals surface area contributed by atoms with Crippen LogP contribution in [-0.4, -0.2) is 27.6 Å². The van der Waals surface area contributed by atoms with Gasteiger partial charge in [0.05, 0.1) is 42.8 Å². The number of carbonyl (C=O) groups is 1. The molecule has 1 aliphatic heterocycles. The molecule has 0 saturated carbocycles. The second-order valence-electron chi connectivity index (χ2n) is 7.20. The Kier molecular flexibility index (Phi) is 5.70. The lowest BCUT2D eigenvalue weighted by atomic mass is 9.95. The predicted molar refractivity (Wildman–Crippen MR) is 117 cm³/mol. The molecule has 0 bridgehead atoms. The van der Waals surface area contributed by atoms with Gasteiger partial charge in [0.2, 0.25) is 0 Å². The van der Waals surface area contributed by atoms with E-state index in [4.69, 9.17) is 4.74 Å². The van der Waals surface area contributed by atoms with Crippen molar-refractivity contribution < 1.29 is 9.53 Å². The number of anilines is 2. The number of allylic oxidation sites excluding steroid dienone is 1. The molecule has 3 heterocycles. The second-order valence-corrected chi connectivity index (χ2v) is 7.20. The summed E-state index contributed by atoms with van der Waals surface area (Å²) in [5, 5.41) is 5.45. The van der Waals surface area contributed by atoms with Crippen LogP contribution < -0.4 is 10.6 Å². The van der Waals surface area contributed by atoms with Crippen LogP contribution in [0.2, 0.25) is 0 Å². The van der Waals surface area contributed by atoms with E-state index >= 15 is 0 Å². The lowest BCUT2D eigenvalue weighted by Crippen LogP contribution is -2.20. The van der Waals surface area contributed by atoms with E-state index < -0.39 is 6.03 Å². The molecule has 7 nitrogen and oxygen atoms in total. The van der Waals surface area contributed by atoms with Crippen LogP contribution in [0.3, 0.4) is 0 Å². The van der Waals surface area contributed by atoms with Crippen molar-refractivity contribution in [3.05, 3.63) is 72.0 Å². The molecule has 2 aromatic heterocycles. The fraction of sp³-hybridized carbons (Fsp3) is 0.217. The van der Waals surface area contributed by atoms with E-state index in [1.165, 1.54) is 17.3 Å². The number of benzene rings is 1. The van der Waals surface area contributed by atoms with Gasteiger partial charge in [-0.25, -0.2) is 9.78 Å². The quantitative estimate of drug-likeness (QED) is 0.646. The average molecular weight is 401 g/mol. The highest BCUT2D eigenvalue weighted by Gasteiger charge is 2.12. The Morgan fingerprint density at radius 2 is 1.97 bits per heavy atom. The third-order valence-corrected chi connectivity index (χ3v) is 4.85. The zero-order chi connectivity index (χ0) is 20.9. The number of hydrogen-bond donors (Lipinski definition) is 2. The Labute approximate surface area is 175 Å². The molecule has 7 heteroatoms. The number of nitrogens with one attached hydrogen (secondary N) is 2. The molecule has 30 heavy (non-hydrogen) atoms. The molecule has 152 valence electrons. The highest BCUT2D eigenvalue weighted by molar-refractivity contribution is 5.99. The number of aryl methyl sites for hydroxylation is 2. The normalized spacial score (nSPS) is 13.2. The van der Waals surface area contributed by atoms with Crippen molar-refractivity contribution in [3.63, 3.8) is 0 Å². The van der Waals surface area contributed by atoms with E-state index in [2.05, 4.69) is 44.6 Å². The van der Waals surface area contributed by atoms with Crippen molar-refractivity contribution in [3.8, 4) is 11.3 Å². The van der Waals surface area contributed by atoms with Crippen LogP contribution in [0.15, 0.2) is 55.2 Å². The highest BCUT2D eigenvalue weighted by atomic mass is 16.5. The molecule has 3 aromatic rings. The van der Waals surface area contributed by atoms with Crippen molar-refractivity contribution in [1.29, 1.82) is 0 Å². The monoisotopic (exact) mass is 401 g/mol. The fourth-order valence-corrected chi connectivity index (χ4v) is 3.33. The topological polar surface area (TPSA) is 89.0 Å². The Morgan fingerprint density at radius 3 is 2.70 bits per heavy atom. The first kappa shape index (κ1) is 19.6. The highest BCUT2D eigenvalue weighted by Crippen LogP contribution is 2.29. The van der Waals surface area contributed by atoms with Crippen LogP contribution in [0.5, 0.6) is 0 Å². The molecule has 1 aliphatic rings. The van der Waals surface area contributed by atoms with E-state index in [-0.39, 0.29) is 0 Å². The number of hydrogen-bond acceptors (Lipinski definition) is 5. The maximum atomic E-state index is 12.3. The fourth-order valence-electron chi connectivity index (χ4n) is 3.33. The molecule has 2 N–H and O–H groups in total. The standard InChI is InChI=1S/C23H23N5O2/c1-15-10-17(6-8-20(15)18-4-3-9-30-14-18)21-12-24-13-22(27-21)28-23(29)26-19-7-5-16(2)25-11-19/h5-8,10-14H,3-4,9H2,1-2H3,(H2,26,27,28,29). The zero-order valence-corrected chi connectivity index (χ0v) is 17.0. The SMILES string of the molecule is Cc1ccc(NC(=O)Nc2cncc(-c3ccc(C4=COCCC4)c(C)c3)n2)cn1. The van der Waals surface area contributed by atoms with Crippen molar-refractivity contribution in [2.75, 3.05) is 17.2 Å². The van der Waals surface area contributed by atoms with Gasteiger partial charge in [0.25, 0.3) is 0 Å². The van der Waals surface area contributed by atoms with Crippen LogP contribution in [0.25, 0.3) is 16.8 Å². The first-order valence-electron chi connectivity index (χ1n) is 9.83. The van der Waals surface area contributed by atoms with Gasteiger partial charge in [0.1, 0.15) is 0 Å². The molecular weight excluding hydrogens is 378 g/mol. The van der Waals surface area contributed by atoms with E-state index in [9.17, 15) is 4.79 Å². The van der Waals surface area contributed by atoms with Crippen molar-refractivity contribution >= 4 is 23.1 Å². The van der Waals surface area contributed by atoms with Gasteiger partial charge in [-0.05, 0) is 61.6 Å². The first-order chi connectivity index (χ1) is 14.6. The summed E-state index contributed by atoms with van der Waals surface area (Å²) in [4.78, 5) is 25.2. The predicted octanol–water partition coefficient (Wildman–Crippen LogP) is 4.95. The number of aromatic nitrogens is 3. The van der Waals surface area contributed by atoms with Gasteiger partial charge in [-0.1, -0.05) is 12.1 Å². The van der Waals surface area contributed by atoms with Crippen LogP contribution in [0, 0.1) is 13.8 Å². The summed E-state index contributed by atoms with van der Waals surface area (Å²) in [6, 6.07) is 9.41. The summed E-state index contributed by atoms with van der Waals surface area (Å²) in [7, 11) is 0. The number of rotatable bonds is 4. The molecule has 0 radical (unpaired) electrons. The lowest BCUT2D eigenvalue weighted by molar-refractivity contribution is 0.235. The lowest BCUT2D eigenvalue weighted by Gasteiger charge is -2.16. The number of urea groups is 1. The van der Waals surface area contributed by atoms with Gasteiger partial charge in [-0.3, -0.25) is 15.3 Å². The minimum absolute atomic E-state index is 0.371. The van der Waals surface area contributed by atoms with Gasteiger partial charge in [-0.2, -0.15) is 0 Å². The second kappa shape index (κ2) is 8.73. The van der Waals surface area contributed by atoms with Crippen LogP contribution in [0.1, 0.15) is 29.7 Å². The summed E-state index contributed by atoms with van der Waals surface area (Å²) in [5.41, 5.74) is 6.67. The van der Waals surface area contributed by atoms with Crippen LogP contribution in [-0.2, 0) is 4.74 Å². The Morgan fingerprint density at radius 1 is 1.07 bits per heavy atom. The number of pyridine rings is 1. The van der Waals surface area contributed by atoms with Crippen LogP contribution >= 0.6 is 0 Å². The summed E-state index contributed by atoms with van der Waals surface area (Å²) < 4.78 is 5.47. The third kappa shape index (κ3) is 4.63. The van der Waals surface area contributed by atoms with Gasteiger partial charge in [-0.15, -0.1) is 0 Å². The number of ether oxygens (including phenoxy) is 1. The molecule has 0 atom stereocenters. The molecule has 0 spiro atoms. The van der Waals surface area contributed by atoms with E-state index in [0.29, 0.717) is 17.2 Å². The van der Waals surface area contributed by atoms with Gasteiger partial charge in [0.15, 0.2) is 5.82 Å². The molecule has 2 amide bonds. The summed E-state index contributed by atoms with van der Waals surface area (Å²) in [6.07, 6.45) is 8.72. The number of carbonyl (C=O) groups excluding carboxylic acids is 1. The van der Waals surface area contributed by atoms with Gasteiger partial charge >= 0.3 is 6.03 Å². The molecule has 0 saturated heterocycles. The molecular formula is C23H23N5O2. The first-order valence-corrected chi connectivity index (χ1v) is 9.83. The Balaban J connectivity index is 1.49. The Hall–Kier alpha value is -3.74. The summed E-state index contributed by atoms with van der Waals surface area (Å²) in [6.45, 7) is 4.75. The van der Waals surface area contributed by atoms with Crippen molar-refractivity contribution in [1.82, 2.24) is 15.0 Å². The minimum atomic E-state index is -0.400. The molecule has 0 aliphatic carbocycles. The molecule has 0 unspecified atom stereocenters. The van der Waals surface area contributed by atoms with Crippen molar-refractivity contribution in [2.45, 2.75) is 26.7 Å². The molecule has 1 aromatic carbocycles. The number of amides is 2. The number of nitrogens with zero attached hydrogens (tertiary/aromatic N) is 3. The zero-order valence-electron chi connectivity index (χ0n) is 17.0. The average Bonchev–Trinajstić information content (AvgIpc) is 2.76. The maximum Gasteiger partial charge on any atom is 0.324 e. The largest absolute Gasteiger partial charge is 0.501 e. The van der Waals surface area contributed by atoms with Crippen LogP contribution in [0.4, 0.5) is 16.3 Å². The van der Waals surface area contributed by atoms with E-state index in [1.54, 1.807) is 18.5 Å². The van der Waals surface area contributed by atoms with Crippen molar-refractivity contribution in [2.24, 2.45) is 0 Å². The third-order valence-electron chi connectivity index (χ3n) is 4.85. The van der Waals surface area contributed by atoms with E-state index in [0.717, 1.165) is 36.3 Å². The molecule has 0 fully saturated rings.